The van der Waals surface area contributed by atoms with E-state index in [0.717, 1.165) is 12.2 Å². The number of carboxylic acids is 1. The number of aromatic carboxylic acids is 1. The number of ketones is 2. The minimum Gasteiger partial charge on any atom is -0.744 e. The molecule has 0 saturated carbocycles. The Bertz CT molecular complexity index is 3270. The first-order valence-corrected chi connectivity index (χ1v) is 21.4. The van der Waals surface area contributed by atoms with Crippen LogP contribution in [-0.4, -0.2) is 71.8 Å². The van der Waals surface area contributed by atoms with Gasteiger partial charge in [0, 0.05) is 39.3 Å². The molecule has 0 aliphatic heterocycles. The summed E-state index contributed by atoms with van der Waals surface area (Å²) in [5.74, 6) is -4.30. The molecule has 5 aromatic rings. The maximum Gasteiger partial charge on any atom is 1.00 e. The van der Waals surface area contributed by atoms with Crippen LogP contribution < -0.4 is 56.8 Å². The first-order chi connectivity index (χ1) is 30.2. The molecule has 0 bridgehead atoms. The number of hydrogen-bond acceptors (Lipinski definition) is 15. The van der Waals surface area contributed by atoms with Crippen molar-refractivity contribution in [1.82, 2.24) is 0 Å². The molecule has 22 heteroatoms. The summed E-state index contributed by atoms with van der Waals surface area (Å²) in [6, 6.07) is 22.5. The van der Waals surface area contributed by atoms with Gasteiger partial charge in [-0.15, -0.1) is 0 Å². The summed E-state index contributed by atoms with van der Waals surface area (Å²) in [7, 11) is -10.3. The van der Waals surface area contributed by atoms with Crippen molar-refractivity contribution in [3.8, 4) is 0 Å². The Balaban J connectivity index is 0.00000700. The molecule has 0 atom stereocenters. The van der Waals surface area contributed by atoms with E-state index in [1.807, 2.05) is 0 Å². The van der Waals surface area contributed by atoms with Crippen molar-refractivity contribution < 1.29 is 84.6 Å². The van der Waals surface area contributed by atoms with E-state index < -0.39 is 70.8 Å². The van der Waals surface area contributed by atoms with Gasteiger partial charge in [-0.05, 0) is 133 Å². The van der Waals surface area contributed by atoms with E-state index >= 15 is 0 Å². The summed E-state index contributed by atoms with van der Waals surface area (Å²) >= 11 is 0. The number of nitrogens with two attached hydrogens (primary N) is 1. The van der Waals surface area contributed by atoms with Gasteiger partial charge < -0.3 is 26.0 Å². The Morgan fingerprint density at radius 1 is 0.646 bits per heavy atom. The minimum atomic E-state index is -5.26. The Labute approximate surface area is 392 Å². The van der Waals surface area contributed by atoms with Crippen LogP contribution in [0.3, 0.4) is 0 Å². The van der Waals surface area contributed by atoms with Gasteiger partial charge in [0.2, 0.25) is 11.6 Å². The Hall–Kier alpha value is -7.11. The van der Waals surface area contributed by atoms with Crippen LogP contribution in [0.4, 0.5) is 28.4 Å². The summed E-state index contributed by atoms with van der Waals surface area (Å²) in [5.41, 5.74) is 11.6. The molecular formula is C43H32N7NaO12S2. The number of hydrogen-bond donors (Lipinski definition) is 7. The van der Waals surface area contributed by atoms with Crippen LogP contribution >= 0.6 is 0 Å². The summed E-state index contributed by atoms with van der Waals surface area (Å²) in [6.07, 6.45) is 1.94. The Morgan fingerprint density at radius 2 is 1.14 bits per heavy atom. The average Bonchev–Trinajstić information content (AvgIpc) is 3.23. The smallest absolute Gasteiger partial charge is 0.744 e. The second-order valence-corrected chi connectivity index (χ2v) is 17.0. The van der Waals surface area contributed by atoms with Gasteiger partial charge in [-0.2, -0.15) is 18.6 Å². The molecule has 0 saturated heterocycles. The third-order valence-corrected chi connectivity index (χ3v) is 11.6. The molecule has 0 aromatic heterocycles. The molecule has 2 aliphatic rings. The number of hydrazone groups is 2. The van der Waals surface area contributed by atoms with Crippen LogP contribution in [0.2, 0.25) is 0 Å². The number of para-hydroxylation sites is 1. The molecule has 324 valence electrons. The number of aryl methyl sites for hydroxylation is 2. The number of carboxylic acid groups (broad SMARTS) is 1. The first-order valence-electron chi connectivity index (χ1n) is 18.5. The van der Waals surface area contributed by atoms with E-state index in [4.69, 9.17) is 5.73 Å². The van der Waals surface area contributed by atoms with E-state index in [1.165, 1.54) is 84.9 Å². The van der Waals surface area contributed by atoms with Crippen LogP contribution in [0.5, 0.6) is 0 Å². The SMILES string of the molecule is Cc1cc(C(=O)Nc2ccc3c(c2)C=C(S(=O)(=O)[O-])/C(=N\Nc2ccc(C(=O)Nc4ccc5c(c4)C=C(S(=O)(=O)O)/C(=N\Nc4ccccc4C(=O)O)C5=O)cc2C)C3=O)ccc1N.[Na+]. The zero-order valence-corrected chi connectivity index (χ0v) is 37.8. The predicted octanol–water partition coefficient (Wildman–Crippen LogP) is 2.54. The number of amides is 2. The number of benzene rings is 5. The van der Waals surface area contributed by atoms with E-state index in [2.05, 4.69) is 31.7 Å². The topological polar surface area (TPSA) is 316 Å². The molecule has 0 spiro atoms. The number of Topliss-reactive ketones (excluding diaryl/α,β-unsaturated/α-hetero) is 2. The number of fused-ring (bicyclic) bond motifs is 2. The molecule has 0 fully saturated rings. The molecule has 2 amide bonds. The molecule has 7 rings (SSSR count). The largest absolute Gasteiger partial charge is 1.00 e. The van der Waals surface area contributed by atoms with Crippen molar-refractivity contribution in [3.05, 3.63) is 157 Å². The molecule has 2 aliphatic carbocycles. The van der Waals surface area contributed by atoms with Crippen LogP contribution in [0.25, 0.3) is 12.2 Å². The summed E-state index contributed by atoms with van der Waals surface area (Å²) in [5, 5.41) is 22.6. The van der Waals surface area contributed by atoms with Gasteiger partial charge in [0.25, 0.3) is 21.9 Å². The first kappa shape index (κ1) is 47.4. The van der Waals surface area contributed by atoms with Gasteiger partial charge in [0.1, 0.15) is 20.7 Å². The van der Waals surface area contributed by atoms with Gasteiger partial charge in [0.15, 0.2) is 5.71 Å². The normalized spacial score (nSPS) is 14.6. The van der Waals surface area contributed by atoms with Crippen LogP contribution in [0, 0.1) is 13.8 Å². The maximum absolute atomic E-state index is 13.6. The third kappa shape index (κ3) is 10.2. The average molecular weight is 926 g/mol. The van der Waals surface area contributed by atoms with Crippen LogP contribution in [-0.2, 0) is 20.2 Å². The molecule has 5 aromatic carbocycles. The number of nitrogen functional groups attached to an aromatic ring is 1. The zero-order valence-electron chi connectivity index (χ0n) is 34.2. The zero-order chi connectivity index (χ0) is 46.2. The minimum absolute atomic E-state index is 0. The second kappa shape index (κ2) is 18.5. The van der Waals surface area contributed by atoms with Gasteiger partial charge in [-0.3, -0.25) is 34.6 Å². The number of allylic oxidation sites excluding steroid dienone is 2. The monoisotopic (exact) mass is 925 g/mol. The van der Waals surface area contributed by atoms with Crippen molar-refractivity contribution in [2.24, 2.45) is 10.2 Å². The summed E-state index contributed by atoms with van der Waals surface area (Å²) in [4.78, 5) is 63.0. The second-order valence-electron chi connectivity index (χ2n) is 14.2. The van der Waals surface area contributed by atoms with Crippen molar-refractivity contribution >= 4 is 102 Å². The predicted molar refractivity (Wildman–Crippen MR) is 237 cm³/mol. The van der Waals surface area contributed by atoms with E-state index in [-0.39, 0.29) is 85.7 Å². The number of rotatable bonds is 11. The van der Waals surface area contributed by atoms with Crippen LogP contribution in [0.15, 0.2) is 117 Å². The Morgan fingerprint density at radius 3 is 1.65 bits per heavy atom. The van der Waals surface area contributed by atoms with E-state index in [0.29, 0.717) is 22.4 Å². The van der Waals surface area contributed by atoms with Crippen molar-refractivity contribution in [1.29, 1.82) is 0 Å². The summed E-state index contributed by atoms with van der Waals surface area (Å²) < 4.78 is 71.9. The molecule has 8 N–H and O–H groups in total. The van der Waals surface area contributed by atoms with Crippen LogP contribution in [0.1, 0.15) is 74.0 Å². The standard InChI is InChI=1S/C43H33N7O12S2.Na/c1-21-15-23(7-13-32(21)44)41(53)45-27-9-11-29-25(17-27)19-35(63(57,58)59)37(39(29)51)49-47-33-14-8-24(16-22(33)2)42(54)46-28-10-12-30-26(18-28)20-36(64(60,61)62)38(40(30)52)50-48-34-6-4-3-5-31(34)43(55)56;/h3-20,47-48H,44H2,1-2H3,(H,45,53)(H,46,54)(H,55,56)(H,57,58,59)(H,60,61,62);/q;+1/p-1/b49-37+,50-38+;. The van der Waals surface area contributed by atoms with Crippen molar-refractivity contribution in [2.45, 2.75) is 13.8 Å². The fourth-order valence-electron chi connectivity index (χ4n) is 6.58. The Kier molecular flexibility index (Phi) is 13.5. The van der Waals surface area contributed by atoms with Gasteiger partial charge >= 0.3 is 35.5 Å². The quantitative estimate of drug-likeness (QED) is 0.0433. The molecule has 65 heavy (non-hydrogen) atoms. The number of nitrogens with one attached hydrogen (secondary N) is 4. The van der Waals surface area contributed by atoms with E-state index in [9.17, 15) is 55.0 Å². The summed E-state index contributed by atoms with van der Waals surface area (Å²) in [6.45, 7) is 3.30. The molecule has 19 nitrogen and oxygen atoms in total. The van der Waals surface area contributed by atoms with Crippen molar-refractivity contribution in [2.75, 3.05) is 27.2 Å². The molecule has 0 heterocycles. The van der Waals surface area contributed by atoms with Gasteiger partial charge in [0.05, 0.1) is 21.8 Å². The third-order valence-electron chi connectivity index (χ3n) is 9.88. The molecular weight excluding hydrogens is 894 g/mol. The fourth-order valence-corrected chi connectivity index (χ4v) is 7.89. The van der Waals surface area contributed by atoms with Gasteiger partial charge in [-0.1, -0.05) is 12.1 Å². The number of carbonyl (C=O) groups excluding carboxylic acids is 4. The fraction of sp³-hybridized carbons (Fsp3) is 0.0465. The molecule has 0 unspecified atom stereocenters. The van der Waals surface area contributed by atoms with Gasteiger partial charge in [-0.25, -0.2) is 13.2 Å². The number of carbonyl (C=O) groups is 5. The number of anilines is 5. The van der Waals surface area contributed by atoms with E-state index in [1.54, 1.807) is 26.0 Å². The van der Waals surface area contributed by atoms with Crippen molar-refractivity contribution in [3.63, 3.8) is 0 Å². The maximum atomic E-state index is 13.6. The molecule has 0 radical (unpaired) electrons. The number of nitrogens with zero attached hydrogens (tertiary/aromatic N) is 2.